The van der Waals surface area contributed by atoms with Crippen molar-refractivity contribution in [1.82, 2.24) is 0 Å². The molecule has 1 saturated heterocycles. The van der Waals surface area contributed by atoms with E-state index in [0.717, 1.165) is 12.1 Å². The number of benzene rings is 1. The molecule has 13 heteroatoms. The van der Waals surface area contributed by atoms with Crippen LogP contribution in [0.25, 0.3) is 0 Å². The van der Waals surface area contributed by atoms with Gasteiger partial charge in [0.2, 0.25) is 0 Å². The second-order valence-electron chi connectivity index (χ2n) is 5.32. The number of halogens is 9. The van der Waals surface area contributed by atoms with Crippen molar-refractivity contribution in [2.45, 2.75) is 36.7 Å². The summed E-state index contributed by atoms with van der Waals surface area (Å²) in [5.41, 5.74) is -0.576. The summed E-state index contributed by atoms with van der Waals surface area (Å²) in [6, 6.07) is 4.57. The van der Waals surface area contributed by atoms with E-state index in [0.29, 0.717) is 0 Å². The van der Waals surface area contributed by atoms with Crippen molar-refractivity contribution in [1.29, 1.82) is 0 Å². The minimum absolute atomic E-state index is 0.0318. The molecule has 0 radical (unpaired) electrons. The SMILES string of the molecule is CCOc1ccccc1NC(=O)C(F)(F)C1(F)OC(F)(F)C(F)(F)C1(F)F. The molecule has 1 unspecified atom stereocenters. The minimum atomic E-state index is -6.73. The lowest BCUT2D eigenvalue weighted by molar-refractivity contribution is -0.366. The Kier molecular flexibility index (Phi) is 4.83. The molecule has 0 spiro atoms. The van der Waals surface area contributed by atoms with Crippen LogP contribution in [-0.2, 0) is 9.53 Å². The zero-order chi connectivity index (χ0) is 20.9. The highest BCUT2D eigenvalue weighted by atomic mass is 19.4. The Morgan fingerprint density at radius 3 is 2.11 bits per heavy atom. The molecule has 0 bridgehead atoms. The number of hydrogen-bond donors (Lipinski definition) is 1. The fraction of sp³-hybridized carbons (Fsp3) is 0.500. The molecule has 1 heterocycles. The lowest BCUT2D eigenvalue weighted by atomic mass is 9.99. The molecule has 1 aromatic carbocycles. The van der Waals surface area contributed by atoms with Gasteiger partial charge in [-0.2, -0.15) is 39.5 Å². The number of carbonyl (C=O) groups is 1. The first kappa shape index (κ1) is 21.1. The van der Waals surface area contributed by atoms with Gasteiger partial charge in [-0.05, 0) is 19.1 Å². The second kappa shape index (κ2) is 6.17. The highest BCUT2D eigenvalue weighted by Crippen LogP contribution is 2.64. The van der Waals surface area contributed by atoms with Gasteiger partial charge in [0.05, 0.1) is 12.3 Å². The van der Waals surface area contributed by atoms with Crippen LogP contribution >= 0.6 is 0 Å². The van der Waals surface area contributed by atoms with E-state index in [-0.39, 0.29) is 12.4 Å². The largest absolute Gasteiger partial charge is 0.492 e. The zero-order valence-electron chi connectivity index (χ0n) is 13.1. The fourth-order valence-corrected chi connectivity index (χ4v) is 2.15. The molecule has 27 heavy (non-hydrogen) atoms. The summed E-state index contributed by atoms with van der Waals surface area (Å²) in [4.78, 5) is 11.6. The number of nitrogens with one attached hydrogen (secondary N) is 1. The summed E-state index contributed by atoms with van der Waals surface area (Å²) in [5, 5.41) is 1.27. The number of para-hydroxylation sites is 2. The summed E-state index contributed by atoms with van der Waals surface area (Å²) in [6.45, 7) is 1.43. The molecule has 0 aliphatic carbocycles. The summed E-state index contributed by atoms with van der Waals surface area (Å²) in [5.74, 6) is -29.0. The number of ether oxygens (including phenoxy) is 2. The first-order valence-electron chi connectivity index (χ1n) is 7.09. The van der Waals surface area contributed by atoms with Crippen molar-refractivity contribution in [2.24, 2.45) is 0 Å². The van der Waals surface area contributed by atoms with E-state index in [2.05, 4.69) is 4.74 Å². The third-order valence-electron chi connectivity index (χ3n) is 3.56. The van der Waals surface area contributed by atoms with Crippen molar-refractivity contribution in [3.63, 3.8) is 0 Å². The van der Waals surface area contributed by atoms with E-state index in [9.17, 15) is 44.3 Å². The van der Waals surface area contributed by atoms with E-state index in [4.69, 9.17) is 4.74 Å². The second-order valence-corrected chi connectivity index (χ2v) is 5.32. The maximum Gasteiger partial charge on any atom is 0.428 e. The van der Waals surface area contributed by atoms with Crippen LogP contribution in [0.1, 0.15) is 6.92 Å². The fourth-order valence-electron chi connectivity index (χ4n) is 2.15. The Morgan fingerprint density at radius 1 is 1.07 bits per heavy atom. The third-order valence-corrected chi connectivity index (χ3v) is 3.56. The van der Waals surface area contributed by atoms with E-state index < -0.39 is 41.3 Å². The van der Waals surface area contributed by atoms with E-state index in [1.807, 2.05) is 0 Å². The number of carbonyl (C=O) groups excluding carboxylic acids is 1. The molecule has 1 amide bonds. The maximum atomic E-state index is 14.1. The van der Waals surface area contributed by atoms with Crippen LogP contribution in [0.5, 0.6) is 5.75 Å². The van der Waals surface area contributed by atoms with E-state index >= 15 is 0 Å². The summed E-state index contributed by atoms with van der Waals surface area (Å²) >= 11 is 0. The molecule has 1 fully saturated rings. The Morgan fingerprint density at radius 2 is 1.63 bits per heavy atom. The molecule has 1 atom stereocenters. The first-order chi connectivity index (χ1) is 12.2. The molecule has 1 N–H and O–H groups in total. The van der Waals surface area contributed by atoms with Gasteiger partial charge in [0, 0.05) is 0 Å². The highest BCUT2D eigenvalue weighted by molar-refractivity contribution is 5.98. The quantitative estimate of drug-likeness (QED) is 0.739. The predicted octanol–water partition coefficient (Wildman–Crippen LogP) is 4.22. The minimum Gasteiger partial charge on any atom is -0.492 e. The number of alkyl halides is 9. The van der Waals surface area contributed by atoms with Crippen LogP contribution in [0.15, 0.2) is 24.3 Å². The zero-order valence-corrected chi connectivity index (χ0v) is 13.1. The van der Waals surface area contributed by atoms with Crippen LogP contribution < -0.4 is 10.1 Å². The molecular formula is C14H10F9NO3. The lowest BCUT2D eigenvalue weighted by Gasteiger charge is -2.31. The van der Waals surface area contributed by atoms with Crippen molar-refractivity contribution in [3.8, 4) is 5.75 Å². The van der Waals surface area contributed by atoms with Crippen LogP contribution in [0.4, 0.5) is 45.2 Å². The van der Waals surface area contributed by atoms with Crippen molar-refractivity contribution in [3.05, 3.63) is 24.3 Å². The average Bonchev–Trinajstić information content (AvgIpc) is 2.64. The molecular weight excluding hydrogens is 401 g/mol. The molecule has 1 aliphatic rings. The molecule has 1 aromatic rings. The number of amides is 1. The molecule has 152 valence electrons. The van der Waals surface area contributed by atoms with Gasteiger partial charge in [-0.1, -0.05) is 12.1 Å². The standard InChI is InChI=1S/C14H10F9NO3/c1-2-26-8-6-4-3-5-7(8)24-9(25)10(15,16)13(21)11(17,18)12(19,20)14(22,23)27-13/h3-6H,2H2,1H3,(H,24,25). The molecule has 0 saturated carbocycles. The van der Waals surface area contributed by atoms with Gasteiger partial charge in [0.25, 0.3) is 0 Å². The molecule has 0 aromatic heterocycles. The smallest absolute Gasteiger partial charge is 0.428 e. The first-order valence-corrected chi connectivity index (χ1v) is 7.09. The van der Waals surface area contributed by atoms with Crippen molar-refractivity contribution in [2.75, 3.05) is 11.9 Å². The number of anilines is 1. The van der Waals surface area contributed by atoms with E-state index in [1.54, 1.807) is 0 Å². The monoisotopic (exact) mass is 411 g/mol. The van der Waals surface area contributed by atoms with E-state index in [1.165, 1.54) is 24.4 Å². The highest BCUT2D eigenvalue weighted by Gasteiger charge is 2.96. The van der Waals surface area contributed by atoms with Gasteiger partial charge in [-0.25, -0.2) is 0 Å². The van der Waals surface area contributed by atoms with Crippen LogP contribution in [0, 0.1) is 0 Å². The van der Waals surface area contributed by atoms with Gasteiger partial charge in [-0.3, -0.25) is 9.53 Å². The number of hydrogen-bond acceptors (Lipinski definition) is 3. The third kappa shape index (κ3) is 2.78. The van der Waals surface area contributed by atoms with Gasteiger partial charge in [-0.15, -0.1) is 0 Å². The topological polar surface area (TPSA) is 47.6 Å². The Hall–Kier alpha value is -2.18. The molecule has 1 aliphatic heterocycles. The van der Waals surface area contributed by atoms with Gasteiger partial charge in [0.15, 0.2) is 0 Å². The average molecular weight is 411 g/mol. The number of rotatable bonds is 5. The maximum absolute atomic E-state index is 14.1. The molecule has 2 rings (SSSR count). The predicted molar refractivity (Wildman–Crippen MR) is 71.0 cm³/mol. The summed E-state index contributed by atoms with van der Waals surface area (Å²) in [6.07, 6.45) is -6.29. The van der Waals surface area contributed by atoms with Crippen LogP contribution in [-0.4, -0.2) is 42.2 Å². The van der Waals surface area contributed by atoms with Crippen LogP contribution in [0.2, 0.25) is 0 Å². The van der Waals surface area contributed by atoms with Gasteiger partial charge in [0.1, 0.15) is 5.75 Å². The van der Waals surface area contributed by atoms with Gasteiger partial charge < -0.3 is 10.1 Å². The Labute approximate surface area is 145 Å². The summed E-state index contributed by atoms with van der Waals surface area (Å²) < 4.78 is 128. The van der Waals surface area contributed by atoms with Crippen LogP contribution in [0.3, 0.4) is 0 Å². The Bertz CT molecular complexity index is 740. The Balaban J connectivity index is 2.42. The normalized spacial score (nSPS) is 25.9. The molecule has 4 nitrogen and oxygen atoms in total. The summed E-state index contributed by atoms with van der Waals surface area (Å²) in [7, 11) is 0. The lowest BCUT2D eigenvalue weighted by Crippen LogP contribution is -2.63. The van der Waals surface area contributed by atoms with Crippen molar-refractivity contribution >= 4 is 11.6 Å². The van der Waals surface area contributed by atoms with Gasteiger partial charge >= 0.3 is 35.6 Å². The van der Waals surface area contributed by atoms with Crippen molar-refractivity contribution < 1.29 is 53.8 Å².